The van der Waals surface area contributed by atoms with Crippen molar-refractivity contribution in [2.75, 3.05) is 13.3 Å². The average molecular weight is 121 g/mol. The highest BCUT2D eigenvalue weighted by atomic mass is 31.2. The van der Waals surface area contributed by atoms with E-state index < -0.39 is 7.37 Å². The zero-order valence-electron chi connectivity index (χ0n) is 3.88. The van der Waals surface area contributed by atoms with E-state index in [4.69, 9.17) is 4.89 Å². The van der Waals surface area contributed by atoms with Crippen molar-refractivity contribution in [2.24, 2.45) is 0 Å². The molecule has 0 aliphatic carbocycles. The number of hydrogen-bond acceptors (Lipinski definition) is 1. The summed E-state index contributed by atoms with van der Waals surface area (Å²) in [5, 5.41) is 0. The molecule has 35 valence electrons. The Labute approximate surface area is 48.1 Å². The van der Waals surface area contributed by atoms with Gasteiger partial charge in [-0.05, 0) is 0 Å². The largest absolute Gasteiger partial charge is 0.345 e. The van der Waals surface area contributed by atoms with Crippen molar-refractivity contribution in [1.82, 2.24) is 0 Å². The van der Waals surface area contributed by atoms with Crippen molar-refractivity contribution < 1.29 is 9.46 Å². The molecule has 1 N–H and O–H groups in total. The molecule has 0 unspecified atom stereocenters. The van der Waals surface area contributed by atoms with Gasteiger partial charge in [-0.2, -0.15) is 0 Å². The van der Waals surface area contributed by atoms with Crippen LogP contribution in [-0.2, 0) is 4.57 Å². The fraction of sp³-hybridized carbons (Fsp3) is 1.00. The molecule has 0 fully saturated rings. The minimum absolute atomic E-state index is 0. The van der Waals surface area contributed by atoms with Gasteiger partial charge in [0, 0.05) is 30.7 Å². The van der Waals surface area contributed by atoms with Gasteiger partial charge in [-0.25, -0.2) is 0 Å². The summed E-state index contributed by atoms with van der Waals surface area (Å²) >= 11 is 0. The molecule has 0 spiro atoms. The van der Waals surface area contributed by atoms with Crippen molar-refractivity contribution in [3.05, 3.63) is 0 Å². The summed E-state index contributed by atoms with van der Waals surface area (Å²) in [7, 11) is -2.64. The summed E-state index contributed by atoms with van der Waals surface area (Å²) in [5.41, 5.74) is 0. The third-order valence-electron chi connectivity index (χ3n) is 0. The number of hydrogen-bond donors (Lipinski definition) is 1. The maximum absolute atomic E-state index is 9.77. The molecule has 0 amide bonds. The molecular weight excluding hydrogens is 114 g/mol. The molecule has 0 atom stereocenters. The van der Waals surface area contributed by atoms with Crippen LogP contribution in [-0.4, -0.2) is 35.6 Å². The Balaban J connectivity index is 0. The summed E-state index contributed by atoms with van der Waals surface area (Å²) in [5.74, 6) is 0. The lowest BCUT2D eigenvalue weighted by molar-refractivity contribution is 0.492. The van der Waals surface area contributed by atoms with E-state index in [-0.39, 0.29) is 17.4 Å². The zero-order chi connectivity index (χ0) is 4.50. The molecule has 0 aromatic rings. The molecule has 6 heavy (non-hydrogen) atoms. The first kappa shape index (κ1) is 9.87. The van der Waals surface area contributed by atoms with Gasteiger partial charge in [0.05, 0.1) is 0 Å². The first-order valence-corrected chi connectivity index (χ1v) is 3.83. The number of rotatable bonds is 0. The fourth-order valence-electron chi connectivity index (χ4n) is 0. The predicted molar refractivity (Wildman–Crippen MR) is 27.4 cm³/mol. The molecular formula is C2H7AlO2P. The first-order valence-electron chi connectivity index (χ1n) is 1.28. The van der Waals surface area contributed by atoms with Crippen LogP contribution >= 0.6 is 7.37 Å². The lowest BCUT2D eigenvalue weighted by Gasteiger charge is -1.86. The van der Waals surface area contributed by atoms with Crippen molar-refractivity contribution in [3.63, 3.8) is 0 Å². The van der Waals surface area contributed by atoms with Crippen LogP contribution in [0.4, 0.5) is 0 Å². The van der Waals surface area contributed by atoms with E-state index in [1.807, 2.05) is 0 Å². The van der Waals surface area contributed by atoms with E-state index >= 15 is 0 Å². The van der Waals surface area contributed by atoms with E-state index in [2.05, 4.69) is 0 Å². The maximum Gasteiger partial charge on any atom is 0.194 e. The fourth-order valence-corrected chi connectivity index (χ4v) is 0. The highest BCUT2D eigenvalue weighted by Crippen LogP contribution is 2.27. The van der Waals surface area contributed by atoms with E-state index in [1.54, 1.807) is 0 Å². The van der Waals surface area contributed by atoms with Crippen molar-refractivity contribution in [1.29, 1.82) is 0 Å². The van der Waals surface area contributed by atoms with E-state index in [0.717, 1.165) is 0 Å². The summed E-state index contributed by atoms with van der Waals surface area (Å²) in [4.78, 5) is 8.08. The van der Waals surface area contributed by atoms with Gasteiger partial charge in [-0.3, -0.25) is 4.57 Å². The van der Waals surface area contributed by atoms with E-state index in [9.17, 15) is 4.57 Å². The van der Waals surface area contributed by atoms with Gasteiger partial charge in [-0.15, -0.1) is 0 Å². The van der Waals surface area contributed by atoms with Crippen LogP contribution in [0.1, 0.15) is 0 Å². The Morgan fingerprint density at radius 1 is 1.50 bits per heavy atom. The highest BCUT2D eigenvalue weighted by Gasteiger charge is 1.92. The van der Waals surface area contributed by atoms with Crippen LogP contribution in [0.3, 0.4) is 0 Å². The standard InChI is InChI=1S/C2H7O2P.Al/c1-5(2,3)4;/h1-2H3,(H,3,4);. The second-order valence-corrected chi connectivity index (χ2v) is 3.88. The Kier molecular flexibility index (Phi) is 4.65. The minimum Gasteiger partial charge on any atom is -0.345 e. The Bertz CT molecular complexity index is 57.7. The zero-order valence-corrected chi connectivity index (χ0v) is 5.93. The summed E-state index contributed by atoms with van der Waals surface area (Å²) in [6.45, 7) is 2.60. The third-order valence-corrected chi connectivity index (χ3v) is 0. The second kappa shape index (κ2) is 2.82. The topological polar surface area (TPSA) is 37.3 Å². The molecule has 3 radical (unpaired) electrons. The van der Waals surface area contributed by atoms with Gasteiger partial charge >= 0.3 is 0 Å². The quantitative estimate of drug-likeness (QED) is 0.365. The van der Waals surface area contributed by atoms with Gasteiger partial charge in [0.2, 0.25) is 0 Å². The van der Waals surface area contributed by atoms with Crippen molar-refractivity contribution >= 4 is 24.7 Å². The van der Waals surface area contributed by atoms with Crippen molar-refractivity contribution in [3.8, 4) is 0 Å². The van der Waals surface area contributed by atoms with Crippen LogP contribution in [0.15, 0.2) is 0 Å². The molecule has 0 rings (SSSR count). The van der Waals surface area contributed by atoms with E-state index in [0.29, 0.717) is 0 Å². The van der Waals surface area contributed by atoms with Crippen LogP contribution in [0.25, 0.3) is 0 Å². The molecule has 4 heteroatoms. The lowest BCUT2D eigenvalue weighted by Crippen LogP contribution is -1.62. The molecule has 0 aromatic heterocycles. The van der Waals surface area contributed by atoms with Crippen LogP contribution < -0.4 is 0 Å². The second-order valence-electron chi connectivity index (χ2n) is 1.29. The van der Waals surface area contributed by atoms with Gasteiger partial charge in [0.15, 0.2) is 7.37 Å². The van der Waals surface area contributed by atoms with Gasteiger partial charge in [0.1, 0.15) is 0 Å². The monoisotopic (exact) mass is 121 g/mol. The lowest BCUT2D eigenvalue weighted by atomic mass is 11.9. The first-order chi connectivity index (χ1) is 2.00. The average Bonchev–Trinajstić information content (AvgIpc) is 0.722. The highest BCUT2D eigenvalue weighted by molar-refractivity contribution is 7.56. The molecule has 2 nitrogen and oxygen atoms in total. The summed E-state index contributed by atoms with van der Waals surface area (Å²) in [6, 6.07) is 0. The Morgan fingerprint density at radius 2 is 1.50 bits per heavy atom. The Morgan fingerprint density at radius 3 is 1.50 bits per heavy atom. The SMILES string of the molecule is CP(C)(=O)O.[Al]. The van der Waals surface area contributed by atoms with Gasteiger partial charge in [-0.1, -0.05) is 0 Å². The van der Waals surface area contributed by atoms with Gasteiger partial charge < -0.3 is 4.89 Å². The maximum atomic E-state index is 9.77. The van der Waals surface area contributed by atoms with Gasteiger partial charge in [0.25, 0.3) is 0 Å². The molecule has 0 saturated carbocycles. The smallest absolute Gasteiger partial charge is 0.194 e. The van der Waals surface area contributed by atoms with E-state index in [1.165, 1.54) is 13.3 Å². The summed E-state index contributed by atoms with van der Waals surface area (Å²) < 4.78 is 9.77. The molecule has 0 bridgehead atoms. The van der Waals surface area contributed by atoms with Crippen LogP contribution in [0.5, 0.6) is 0 Å². The molecule has 0 aliphatic heterocycles. The van der Waals surface area contributed by atoms with Crippen LogP contribution in [0.2, 0.25) is 0 Å². The minimum atomic E-state index is -2.64. The predicted octanol–water partition coefficient (Wildman–Crippen LogP) is 0.136. The molecule has 0 aliphatic rings. The molecule has 0 saturated heterocycles. The van der Waals surface area contributed by atoms with Crippen LogP contribution in [0, 0.1) is 0 Å². The Hall–Kier alpha value is 0.722. The van der Waals surface area contributed by atoms with Crippen molar-refractivity contribution in [2.45, 2.75) is 0 Å². The third kappa shape index (κ3) is 125. The molecule has 0 aromatic carbocycles. The molecule has 0 heterocycles. The summed E-state index contributed by atoms with van der Waals surface area (Å²) in [6.07, 6.45) is 0. The normalized spacial score (nSPS) is 9.83.